The lowest BCUT2D eigenvalue weighted by molar-refractivity contribution is 0.300. The third kappa shape index (κ3) is 6.45. The van der Waals surface area contributed by atoms with Crippen molar-refractivity contribution in [1.29, 1.82) is 0 Å². The van der Waals surface area contributed by atoms with E-state index in [9.17, 15) is 0 Å². The van der Waals surface area contributed by atoms with Crippen LogP contribution in [-0.4, -0.2) is 25.7 Å². The number of aliphatic imine (C=N–C) groups is 1. The summed E-state index contributed by atoms with van der Waals surface area (Å²) in [4.78, 5) is 4.41. The maximum Gasteiger partial charge on any atom is 0.193 e. The zero-order valence-corrected chi connectivity index (χ0v) is 16.3. The monoisotopic (exact) mass is 433 g/mol. The average molecular weight is 433 g/mol. The van der Waals surface area contributed by atoms with Gasteiger partial charge in [-0.2, -0.15) is 0 Å². The molecule has 0 heterocycles. The predicted octanol–water partition coefficient (Wildman–Crippen LogP) is 4.02. The lowest BCUT2D eigenvalue weighted by Gasteiger charge is -2.24. The van der Waals surface area contributed by atoms with Crippen LogP contribution in [0.25, 0.3) is 0 Å². The molecule has 1 fully saturated rings. The van der Waals surface area contributed by atoms with E-state index in [1.807, 2.05) is 32.0 Å². The first-order valence-corrected chi connectivity index (χ1v) is 8.19. The topological polar surface area (TPSA) is 68.9 Å². The van der Waals surface area contributed by atoms with Crippen LogP contribution < -0.4 is 20.5 Å². The van der Waals surface area contributed by atoms with E-state index in [-0.39, 0.29) is 24.0 Å². The van der Waals surface area contributed by atoms with Crippen molar-refractivity contribution in [3.8, 4) is 11.5 Å². The number of rotatable bonds is 8. The minimum atomic E-state index is 0. The van der Waals surface area contributed by atoms with Gasteiger partial charge < -0.3 is 20.5 Å². The molecule has 2 rings (SSSR count). The lowest BCUT2D eigenvalue weighted by atomic mass is 9.83. The first-order valence-electron chi connectivity index (χ1n) is 8.19. The number of hydrogen-bond donors (Lipinski definition) is 2. The van der Waals surface area contributed by atoms with Gasteiger partial charge >= 0.3 is 0 Å². The molecule has 0 spiro atoms. The summed E-state index contributed by atoms with van der Waals surface area (Å²) in [6, 6.07) is 5.67. The first-order chi connectivity index (χ1) is 10.7. The highest BCUT2D eigenvalue weighted by atomic mass is 127. The molecule has 23 heavy (non-hydrogen) atoms. The van der Waals surface area contributed by atoms with E-state index in [0.29, 0.717) is 19.2 Å². The highest BCUT2D eigenvalue weighted by Gasteiger charge is 2.16. The largest absolute Gasteiger partial charge is 0.494 e. The smallest absolute Gasteiger partial charge is 0.193 e. The number of nitrogens with two attached hydrogens (primary N) is 1. The fraction of sp³-hybridized carbons (Fsp3) is 0.588. The Morgan fingerprint density at radius 1 is 1.26 bits per heavy atom. The summed E-state index contributed by atoms with van der Waals surface area (Å²) in [6.07, 6.45) is 5.17. The maximum absolute atomic E-state index is 5.98. The van der Waals surface area contributed by atoms with Crippen LogP contribution in [-0.2, 0) is 0 Å². The fourth-order valence-corrected chi connectivity index (χ4v) is 2.47. The van der Waals surface area contributed by atoms with Gasteiger partial charge in [0.25, 0.3) is 0 Å². The summed E-state index contributed by atoms with van der Waals surface area (Å²) >= 11 is 0. The van der Waals surface area contributed by atoms with Gasteiger partial charge in [-0.3, -0.25) is 4.99 Å². The molecule has 1 aliphatic rings. The van der Waals surface area contributed by atoms with Gasteiger partial charge in [0, 0.05) is 12.6 Å². The van der Waals surface area contributed by atoms with Crippen molar-refractivity contribution in [1.82, 2.24) is 0 Å². The molecule has 5 nitrogen and oxygen atoms in total. The molecule has 0 amide bonds. The highest BCUT2D eigenvalue weighted by Crippen LogP contribution is 2.30. The molecule has 6 heteroatoms. The van der Waals surface area contributed by atoms with Crippen molar-refractivity contribution in [2.45, 2.75) is 39.5 Å². The van der Waals surface area contributed by atoms with Gasteiger partial charge in [0.2, 0.25) is 0 Å². The maximum atomic E-state index is 5.98. The molecule has 0 bridgehead atoms. The van der Waals surface area contributed by atoms with Gasteiger partial charge in [-0.25, -0.2) is 0 Å². The van der Waals surface area contributed by atoms with Crippen molar-refractivity contribution < 1.29 is 9.47 Å². The Morgan fingerprint density at radius 3 is 2.61 bits per heavy atom. The van der Waals surface area contributed by atoms with Crippen LogP contribution in [0.2, 0.25) is 0 Å². The van der Waals surface area contributed by atoms with Crippen LogP contribution in [0.5, 0.6) is 11.5 Å². The summed E-state index contributed by atoms with van der Waals surface area (Å²) in [6.45, 7) is 5.91. The van der Waals surface area contributed by atoms with Gasteiger partial charge in [-0.05, 0) is 38.3 Å². The molecule has 1 saturated carbocycles. The molecule has 0 aromatic heterocycles. The number of anilines is 1. The van der Waals surface area contributed by atoms with Crippen molar-refractivity contribution >= 4 is 35.6 Å². The zero-order chi connectivity index (χ0) is 15.8. The predicted molar refractivity (Wildman–Crippen MR) is 106 cm³/mol. The van der Waals surface area contributed by atoms with Gasteiger partial charge in [0.1, 0.15) is 11.5 Å². The van der Waals surface area contributed by atoms with E-state index in [1.165, 1.54) is 19.3 Å². The second-order valence-corrected chi connectivity index (χ2v) is 5.50. The average Bonchev–Trinajstić information content (AvgIpc) is 2.45. The van der Waals surface area contributed by atoms with Crippen LogP contribution in [0.3, 0.4) is 0 Å². The summed E-state index contributed by atoms with van der Waals surface area (Å²) < 4.78 is 11.1. The molecule has 1 aliphatic carbocycles. The number of hydrogen-bond acceptors (Lipinski definition) is 3. The molecule has 3 N–H and O–H groups in total. The number of halogens is 1. The lowest BCUT2D eigenvalue weighted by Crippen LogP contribution is -2.24. The van der Waals surface area contributed by atoms with E-state index in [1.54, 1.807) is 0 Å². The molecule has 0 aliphatic heterocycles. The first kappa shape index (κ1) is 19.9. The Hall–Kier alpha value is -1.18. The Bertz CT molecular complexity index is 505. The SMILES string of the molecule is CCOc1ccc(OCC)c(NC(N)=NCCC2CCC2)c1.I. The summed E-state index contributed by atoms with van der Waals surface area (Å²) in [7, 11) is 0. The second-order valence-electron chi connectivity index (χ2n) is 5.50. The highest BCUT2D eigenvalue weighted by molar-refractivity contribution is 14.0. The molecule has 0 radical (unpaired) electrons. The van der Waals surface area contributed by atoms with Gasteiger partial charge in [0.15, 0.2) is 5.96 Å². The van der Waals surface area contributed by atoms with E-state index in [2.05, 4.69) is 10.3 Å². The molecule has 130 valence electrons. The van der Waals surface area contributed by atoms with Crippen molar-refractivity contribution in [2.75, 3.05) is 25.1 Å². The molecular weight excluding hydrogens is 405 g/mol. The van der Waals surface area contributed by atoms with Crippen LogP contribution in [0.1, 0.15) is 39.5 Å². The molecular formula is C17H28IN3O2. The third-order valence-electron chi connectivity index (χ3n) is 3.87. The Labute approximate surface area is 156 Å². The Balaban J connectivity index is 0.00000264. The number of benzene rings is 1. The molecule has 0 saturated heterocycles. The number of nitrogens with zero attached hydrogens (tertiary/aromatic N) is 1. The number of nitrogens with one attached hydrogen (secondary N) is 1. The fourth-order valence-electron chi connectivity index (χ4n) is 2.47. The van der Waals surface area contributed by atoms with E-state index in [0.717, 1.165) is 36.1 Å². The Morgan fingerprint density at radius 2 is 2.00 bits per heavy atom. The third-order valence-corrected chi connectivity index (χ3v) is 3.87. The quantitative estimate of drug-likeness (QED) is 0.369. The standard InChI is InChI=1S/C17H27N3O2.HI/c1-3-21-14-8-9-16(22-4-2)15(12-14)20-17(18)19-11-10-13-6-5-7-13;/h8-9,12-13H,3-7,10-11H2,1-2H3,(H3,18,19,20);1H. The van der Waals surface area contributed by atoms with Gasteiger partial charge in [0.05, 0.1) is 18.9 Å². The van der Waals surface area contributed by atoms with Crippen LogP contribution in [0, 0.1) is 5.92 Å². The summed E-state index contributed by atoms with van der Waals surface area (Å²) in [5.41, 5.74) is 6.77. The van der Waals surface area contributed by atoms with E-state index in [4.69, 9.17) is 15.2 Å². The van der Waals surface area contributed by atoms with Crippen LogP contribution in [0.15, 0.2) is 23.2 Å². The normalized spacial score (nSPS) is 14.6. The van der Waals surface area contributed by atoms with Crippen molar-refractivity contribution in [3.05, 3.63) is 18.2 Å². The van der Waals surface area contributed by atoms with Crippen LogP contribution in [0.4, 0.5) is 5.69 Å². The minimum Gasteiger partial charge on any atom is -0.494 e. The summed E-state index contributed by atoms with van der Waals surface area (Å²) in [5, 5.41) is 3.13. The number of ether oxygens (including phenoxy) is 2. The van der Waals surface area contributed by atoms with Crippen LogP contribution >= 0.6 is 24.0 Å². The molecule has 0 atom stereocenters. The van der Waals surface area contributed by atoms with E-state index >= 15 is 0 Å². The molecule has 1 aromatic carbocycles. The molecule has 0 unspecified atom stereocenters. The Kier molecular flexibility index (Phi) is 9.13. The van der Waals surface area contributed by atoms with Gasteiger partial charge in [-0.1, -0.05) is 19.3 Å². The second kappa shape index (κ2) is 10.6. The number of guanidine groups is 1. The van der Waals surface area contributed by atoms with Gasteiger partial charge in [-0.15, -0.1) is 24.0 Å². The summed E-state index contributed by atoms with van der Waals surface area (Å²) in [5.74, 6) is 2.81. The minimum absolute atomic E-state index is 0. The van der Waals surface area contributed by atoms with E-state index < -0.39 is 0 Å². The van der Waals surface area contributed by atoms with Crippen molar-refractivity contribution in [3.63, 3.8) is 0 Å². The van der Waals surface area contributed by atoms with Crippen molar-refractivity contribution in [2.24, 2.45) is 16.6 Å². The zero-order valence-electron chi connectivity index (χ0n) is 14.0. The molecule has 1 aromatic rings.